The highest BCUT2D eigenvalue weighted by Crippen LogP contribution is 2.21. The average molecular weight is 190 g/mol. The molecular weight excluding hydrogens is 184 g/mol. The number of hydrogen-bond acceptors (Lipinski definition) is 4. The Kier molecular flexibility index (Phi) is 2.14. The van der Waals surface area contributed by atoms with Gasteiger partial charge in [0.2, 0.25) is 0 Å². The molecular formula is C9H6N2OS. The maximum atomic E-state index is 10.7. The summed E-state index contributed by atoms with van der Waals surface area (Å²) in [5, 5.41) is 2.64. The van der Waals surface area contributed by atoms with Crippen LogP contribution in [0.2, 0.25) is 0 Å². The summed E-state index contributed by atoms with van der Waals surface area (Å²) in [5.74, 6) is 0. The Morgan fingerprint density at radius 3 is 2.92 bits per heavy atom. The molecule has 0 unspecified atom stereocenters. The van der Waals surface area contributed by atoms with Gasteiger partial charge in [0.05, 0.1) is 0 Å². The topological polar surface area (TPSA) is 42.9 Å². The molecule has 0 N–H and O–H groups in total. The van der Waals surface area contributed by atoms with Crippen molar-refractivity contribution in [2.45, 2.75) is 0 Å². The summed E-state index contributed by atoms with van der Waals surface area (Å²) >= 11 is 1.47. The Morgan fingerprint density at radius 2 is 2.23 bits per heavy atom. The number of aldehydes is 1. The fourth-order valence-corrected chi connectivity index (χ4v) is 1.69. The molecule has 0 spiro atoms. The standard InChI is InChI=1S/C9H6N2OS/c12-6-7-2-1-3-10-8(7)9-11-4-5-13-9/h1-6H. The van der Waals surface area contributed by atoms with Gasteiger partial charge in [-0.3, -0.25) is 9.78 Å². The molecule has 0 aromatic carbocycles. The van der Waals surface area contributed by atoms with Crippen molar-refractivity contribution in [3.8, 4) is 10.7 Å². The number of carbonyl (C=O) groups excluding carboxylic acids is 1. The molecule has 0 fully saturated rings. The summed E-state index contributed by atoms with van der Waals surface area (Å²) in [6, 6.07) is 3.47. The summed E-state index contributed by atoms with van der Waals surface area (Å²) < 4.78 is 0. The highest BCUT2D eigenvalue weighted by Gasteiger charge is 2.06. The molecule has 13 heavy (non-hydrogen) atoms. The van der Waals surface area contributed by atoms with Crippen LogP contribution in [0.4, 0.5) is 0 Å². The number of nitrogens with zero attached hydrogens (tertiary/aromatic N) is 2. The van der Waals surface area contributed by atoms with E-state index in [4.69, 9.17) is 0 Å². The molecule has 4 heteroatoms. The van der Waals surface area contributed by atoms with Gasteiger partial charge in [-0.15, -0.1) is 11.3 Å². The van der Waals surface area contributed by atoms with Crippen molar-refractivity contribution in [3.63, 3.8) is 0 Å². The molecule has 0 bridgehead atoms. The molecule has 0 radical (unpaired) electrons. The second kappa shape index (κ2) is 3.45. The van der Waals surface area contributed by atoms with Gasteiger partial charge in [-0.25, -0.2) is 4.98 Å². The second-order valence-corrected chi connectivity index (χ2v) is 3.29. The Morgan fingerprint density at radius 1 is 1.31 bits per heavy atom. The molecule has 0 saturated carbocycles. The summed E-state index contributed by atoms with van der Waals surface area (Å²) in [7, 11) is 0. The number of thiazole rings is 1. The van der Waals surface area contributed by atoms with E-state index in [-0.39, 0.29) is 0 Å². The molecule has 0 aliphatic carbocycles. The zero-order valence-electron chi connectivity index (χ0n) is 6.68. The summed E-state index contributed by atoms with van der Waals surface area (Å²) in [6.45, 7) is 0. The lowest BCUT2D eigenvalue weighted by atomic mass is 10.2. The van der Waals surface area contributed by atoms with Crippen molar-refractivity contribution < 1.29 is 4.79 Å². The van der Waals surface area contributed by atoms with Crippen LogP contribution < -0.4 is 0 Å². The van der Waals surface area contributed by atoms with E-state index in [0.29, 0.717) is 11.3 Å². The van der Waals surface area contributed by atoms with Crippen LogP contribution >= 0.6 is 11.3 Å². The van der Waals surface area contributed by atoms with Crippen LogP contribution in [0.25, 0.3) is 10.7 Å². The monoisotopic (exact) mass is 190 g/mol. The first-order valence-electron chi connectivity index (χ1n) is 3.72. The van der Waals surface area contributed by atoms with E-state index in [0.717, 1.165) is 11.3 Å². The van der Waals surface area contributed by atoms with Crippen molar-refractivity contribution in [2.75, 3.05) is 0 Å². The maximum Gasteiger partial charge on any atom is 0.152 e. The average Bonchev–Trinajstić information content (AvgIpc) is 2.70. The Hall–Kier alpha value is -1.55. The smallest absolute Gasteiger partial charge is 0.152 e. The molecule has 64 valence electrons. The SMILES string of the molecule is O=Cc1cccnc1-c1nccs1. The molecule has 0 saturated heterocycles. The van der Waals surface area contributed by atoms with Gasteiger partial charge in [-0.05, 0) is 12.1 Å². The minimum absolute atomic E-state index is 0.581. The molecule has 0 aliphatic rings. The molecule has 3 nitrogen and oxygen atoms in total. The van der Waals surface area contributed by atoms with Gasteiger partial charge in [-0.1, -0.05) is 0 Å². The van der Waals surface area contributed by atoms with E-state index < -0.39 is 0 Å². The second-order valence-electron chi connectivity index (χ2n) is 2.40. The first kappa shape index (κ1) is 8.07. The highest BCUT2D eigenvalue weighted by atomic mass is 32.1. The molecule has 0 aliphatic heterocycles. The van der Waals surface area contributed by atoms with Gasteiger partial charge in [0.1, 0.15) is 10.7 Å². The zero-order chi connectivity index (χ0) is 9.10. The molecule has 0 amide bonds. The van der Waals surface area contributed by atoms with Crippen LogP contribution in [0, 0.1) is 0 Å². The van der Waals surface area contributed by atoms with Gasteiger partial charge >= 0.3 is 0 Å². The third-order valence-corrected chi connectivity index (χ3v) is 2.38. The predicted molar refractivity (Wildman–Crippen MR) is 50.7 cm³/mol. The van der Waals surface area contributed by atoms with Crippen LogP contribution in [0.3, 0.4) is 0 Å². The fourth-order valence-electron chi connectivity index (χ4n) is 1.03. The summed E-state index contributed by atoms with van der Waals surface area (Å²) in [5.41, 5.74) is 1.24. The molecule has 2 aromatic heterocycles. The number of rotatable bonds is 2. The van der Waals surface area contributed by atoms with Gasteiger partial charge in [0.15, 0.2) is 6.29 Å². The lowest BCUT2D eigenvalue weighted by Gasteiger charge is -1.97. The van der Waals surface area contributed by atoms with Crippen molar-refractivity contribution >= 4 is 17.6 Å². The third kappa shape index (κ3) is 1.48. The lowest BCUT2D eigenvalue weighted by molar-refractivity contribution is 0.112. The Balaban J connectivity index is 2.57. The van der Waals surface area contributed by atoms with Gasteiger partial charge < -0.3 is 0 Å². The number of carbonyl (C=O) groups is 1. The Bertz CT molecular complexity index is 411. The quantitative estimate of drug-likeness (QED) is 0.680. The number of aromatic nitrogens is 2. The minimum Gasteiger partial charge on any atom is -0.298 e. The summed E-state index contributed by atoms with van der Waals surface area (Å²) in [4.78, 5) is 18.9. The van der Waals surface area contributed by atoms with Gasteiger partial charge in [0, 0.05) is 23.3 Å². The van der Waals surface area contributed by atoms with E-state index >= 15 is 0 Å². The van der Waals surface area contributed by atoms with Gasteiger partial charge in [0.25, 0.3) is 0 Å². The predicted octanol–water partition coefficient (Wildman–Crippen LogP) is 2.02. The zero-order valence-corrected chi connectivity index (χ0v) is 7.49. The van der Waals surface area contributed by atoms with Crippen molar-refractivity contribution in [1.29, 1.82) is 0 Å². The molecule has 0 atom stereocenters. The van der Waals surface area contributed by atoms with Gasteiger partial charge in [-0.2, -0.15) is 0 Å². The van der Waals surface area contributed by atoms with Crippen LogP contribution in [0.5, 0.6) is 0 Å². The number of pyridine rings is 1. The van der Waals surface area contributed by atoms with Crippen LogP contribution in [0.1, 0.15) is 10.4 Å². The van der Waals surface area contributed by atoms with Crippen LogP contribution in [0.15, 0.2) is 29.9 Å². The lowest BCUT2D eigenvalue weighted by Crippen LogP contribution is -1.89. The van der Waals surface area contributed by atoms with Crippen LogP contribution in [-0.2, 0) is 0 Å². The fraction of sp³-hybridized carbons (Fsp3) is 0. The largest absolute Gasteiger partial charge is 0.298 e. The van der Waals surface area contributed by atoms with Crippen molar-refractivity contribution in [1.82, 2.24) is 9.97 Å². The van der Waals surface area contributed by atoms with E-state index in [2.05, 4.69) is 9.97 Å². The summed E-state index contributed by atoms with van der Waals surface area (Å²) in [6.07, 6.45) is 4.15. The van der Waals surface area contributed by atoms with Crippen LogP contribution in [-0.4, -0.2) is 16.3 Å². The highest BCUT2D eigenvalue weighted by molar-refractivity contribution is 7.13. The van der Waals surface area contributed by atoms with E-state index in [1.165, 1.54) is 11.3 Å². The van der Waals surface area contributed by atoms with Crippen molar-refractivity contribution in [2.24, 2.45) is 0 Å². The molecule has 2 heterocycles. The first-order chi connectivity index (χ1) is 6.42. The minimum atomic E-state index is 0.581. The molecule has 2 rings (SSSR count). The third-order valence-electron chi connectivity index (χ3n) is 1.60. The van der Waals surface area contributed by atoms with E-state index in [1.54, 1.807) is 24.5 Å². The van der Waals surface area contributed by atoms with E-state index in [9.17, 15) is 4.79 Å². The number of hydrogen-bond donors (Lipinski definition) is 0. The Labute approximate surface area is 79.1 Å². The van der Waals surface area contributed by atoms with Crippen molar-refractivity contribution in [3.05, 3.63) is 35.5 Å². The molecule has 2 aromatic rings. The normalized spacial score (nSPS) is 9.85. The first-order valence-corrected chi connectivity index (χ1v) is 4.60. The maximum absolute atomic E-state index is 10.7. The van der Waals surface area contributed by atoms with E-state index in [1.807, 2.05) is 5.38 Å².